The minimum Gasteiger partial charge on any atom is -0.383 e. The number of allylic oxidation sites excluding steroid dienone is 1. The normalized spacial score (nSPS) is 23.5. The topological polar surface area (TPSA) is 80.3 Å². The summed E-state index contributed by atoms with van der Waals surface area (Å²) in [4.78, 5) is 11.6. The Morgan fingerprint density at radius 2 is 1.93 bits per heavy atom. The van der Waals surface area contributed by atoms with Gasteiger partial charge in [-0.2, -0.15) is 0 Å². The first-order chi connectivity index (χ1) is 12.8. The number of nitrogens with one attached hydrogen (secondary N) is 1. The lowest BCUT2D eigenvalue weighted by Gasteiger charge is -2.36. The van der Waals surface area contributed by atoms with Crippen molar-refractivity contribution in [2.75, 3.05) is 26.8 Å². The Bertz CT molecular complexity index is 588. The molecule has 0 bridgehead atoms. The van der Waals surface area contributed by atoms with Crippen LogP contribution in [0.25, 0.3) is 0 Å². The fourth-order valence-corrected chi connectivity index (χ4v) is 3.54. The zero-order chi connectivity index (χ0) is 21.7. The van der Waals surface area contributed by atoms with Gasteiger partial charge in [0.2, 0.25) is 0 Å². The van der Waals surface area contributed by atoms with Gasteiger partial charge in [0, 0.05) is 37.0 Å². The summed E-state index contributed by atoms with van der Waals surface area (Å²) in [6.07, 6.45) is 0.273. The Hall–Kier alpha value is -0.850. The zero-order valence-corrected chi connectivity index (χ0v) is 19.4. The highest BCUT2D eigenvalue weighted by atomic mass is 31.2. The molecule has 2 N–H and O–H groups in total. The van der Waals surface area contributed by atoms with Crippen molar-refractivity contribution >= 4 is 7.60 Å². The number of nitrogens with zero attached hydrogens (tertiary/aromatic N) is 1. The van der Waals surface area contributed by atoms with Gasteiger partial charge in [-0.05, 0) is 32.6 Å². The van der Waals surface area contributed by atoms with Crippen LogP contribution in [0.4, 0.5) is 0 Å². The first-order valence-electron chi connectivity index (χ1n) is 9.76. The Labute approximate surface area is 170 Å². The molecule has 1 fully saturated rings. The fourth-order valence-electron chi connectivity index (χ4n) is 3.13. The predicted molar refractivity (Wildman–Crippen MR) is 113 cm³/mol. The van der Waals surface area contributed by atoms with Crippen LogP contribution in [0.1, 0.15) is 48.0 Å². The number of ether oxygens (including phenoxy) is 2. The zero-order valence-electron chi connectivity index (χ0n) is 18.5. The van der Waals surface area contributed by atoms with E-state index in [0.717, 1.165) is 17.8 Å². The summed E-state index contributed by atoms with van der Waals surface area (Å²) in [5.41, 5.74) is 1.93. The molecule has 0 aromatic carbocycles. The van der Waals surface area contributed by atoms with Gasteiger partial charge in [-0.15, -0.1) is 0 Å². The molecule has 8 heteroatoms. The molecular formula is C20H39N2O5P. The van der Waals surface area contributed by atoms with Crippen LogP contribution in [0.5, 0.6) is 0 Å². The highest BCUT2D eigenvalue weighted by Gasteiger charge is 2.37. The molecule has 0 aromatic rings. The van der Waals surface area contributed by atoms with E-state index in [1.807, 2.05) is 0 Å². The molecule has 1 aliphatic heterocycles. The molecular weight excluding hydrogens is 379 g/mol. The van der Waals surface area contributed by atoms with Crippen molar-refractivity contribution in [1.82, 2.24) is 10.2 Å². The lowest BCUT2D eigenvalue weighted by molar-refractivity contribution is -0.0758. The number of rotatable bonds is 11. The van der Waals surface area contributed by atoms with Gasteiger partial charge in [0.15, 0.2) is 6.35 Å². The van der Waals surface area contributed by atoms with Crippen molar-refractivity contribution in [3.8, 4) is 0 Å². The van der Waals surface area contributed by atoms with Crippen LogP contribution in [0.15, 0.2) is 24.6 Å². The summed E-state index contributed by atoms with van der Waals surface area (Å²) in [7, 11) is -2.51. The predicted octanol–water partition coefficient (Wildman–Crippen LogP) is 3.92. The van der Waals surface area contributed by atoms with Crippen molar-refractivity contribution in [1.29, 1.82) is 0 Å². The molecule has 1 heterocycles. The van der Waals surface area contributed by atoms with Gasteiger partial charge >= 0.3 is 7.60 Å². The van der Waals surface area contributed by atoms with Gasteiger partial charge in [0.1, 0.15) is 6.79 Å². The SMILES string of the molecule is C=C(NC(C)(C)C)C1CC(OCOCP(=O)(O)OC)CN1C(=C)C(C)C(C)C. The minimum absolute atomic E-state index is 0.0650. The first-order valence-corrected chi connectivity index (χ1v) is 11.5. The standard InChI is InChI=1S/C20H39N2O5P/c1-14(2)15(3)17(5)22-11-18(27-12-26-13-28(23,24)25-9)10-19(22)16(4)21-20(6,7)8/h14-15,18-19,21H,4-5,10-13H2,1-3,6-9H3,(H,23,24). The van der Waals surface area contributed by atoms with Crippen LogP contribution in [0.3, 0.4) is 0 Å². The molecule has 28 heavy (non-hydrogen) atoms. The molecule has 7 nitrogen and oxygen atoms in total. The number of likely N-dealkylation sites (tertiary alicyclic amines) is 1. The Morgan fingerprint density at radius 3 is 2.43 bits per heavy atom. The van der Waals surface area contributed by atoms with Crippen LogP contribution in [0.2, 0.25) is 0 Å². The third kappa shape index (κ3) is 7.88. The van der Waals surface area contributed by atoms with Crippen molar-refractivity contribution in [2.24, 2.45) is 11.8 Å². The molecule has 4 atom stereocenters. The molecule has 164 valence electrons. The number of hydrogen-bond donors (Lipinski definition) is 2. The molecule has 0 aliphatic carbocycles. The van der Waals surface area contributed by atoms with Crippen molar-refractivity contribution < 1.29 is 23.5 Å². The Kier molecular flexibility index (Phi) is 9.23. The quantitative estimate of drug-likeness (QED) is 0.299. The van der Waals surface area contributed by atoms with Gasteiger partial charge < -0.3 is 29.1 Å². The Balaban J connectivity index is 2.77. The molecule has 1 aliphatic rings. The van der Waals surface area contributed by atoms with E-state index < -0.39 is 13.9 Å². The molecule has 0 saturated carbocycles. The monoisotopic (exact) mass is 418 g/mol. The van der Waals surface area contributed by atoms with E-state index in [2.05, 4.69) is 69.4 Å². The average Bonchev–Trinajstić information content (AvgIpc) is 3.00. The molecule has 0 spiro atoms. The second kappa shape index (κ2) is 10.3. The second-order valence-corrected chi connectivity index (χ2v) is 10.8. The van der Waals surface area contributed by atoms with E-state index >= 15 is 0 Å². The van der Waals surface area contributed by atoms with Gasteiger partial charge in [0.05, 0.1) is 12.1 Å². The number of hydrogen-bond acceptors (Lipinski definition) is 6. The first kappa shape index (κ1) is 25.2. The van der Waals surface area contributed by atoms with Crippen LogP contribution >= 0.6 is 7.60 Å². The summed E-state index contributed by atoms with van der Waals surface area (Å²) < 4.78 is 26.9. The maximum Gasteiger partial charge on any atom is 0.353 e. The van der Waals surface area contributed by atoms with Crippen molar-refractivity contribution in [3.05, 3.63) is 24.6 Å². The molecule has 0 radical (unpaired) electrons. The van der Waals surface area contributed by atoms with Crippen molar-refractivity contribution in [2.45, 2.75) is 65.6 Å². The van der Waals surface area contributed by atoms with Gasteiger partial charge in [-0.25, -0.2) is 0 Å². The van der Waals surface area contributed by atoms with E-state index in [1.165, 1.54) is 7.11 Å². The average molecular weight is 419 g/mol. The van der Waals surface area contributed by atoms with Crippen LogP contribution in [0, 0.1) is 11.8 Å². The van der Waals surface area contributed by atoms with Crippen LogP contribution in [-0.2, 0) is 18.6 Å². The molecule has 4 unspecified atom stereocenters. The largest absolute Gasteiger partial charge is 0.383 e. The van der Waals surface area contributed by atoms with E-state index in [1.54, 1.807) is 0 Å². The van der Waals surface area contributed by atoms with Crippen molar-refractivity contribution in [3.63, 3.8) is 0 Å². The van der Waals surface area contributed by atoms with Gasteiger partial charge in [-0.3, -0.25) is 4.57 Å². The summed E-state index contributed by atoms with van der Waals surface area (Å²) in [6, 6.07) is 0.0702. The van der Waals surface area contributed by atoms with Crippen LogP contribution in [-0.4, -0.2) is 54.3 Å². The third-order valence-corrected chi connectivity index (χ3v) is 6.10. The molecule has 0 aromatic heterocycles. The lowest BCUT2D eigenvalue weighted by atomic mass is 9.94. The third-order valence-electron chi connectivity index (χ3n) is 5.02. The van der Waals surface area contributed by atoms with E-state index in [4.69, 9.17) is 9.47 Å². The van der Waals surface area contributed by atoms with E-state index in [0.29, 0.717) is 18.4 Å². The second-order valence-electron chi connectivity index (χ2n) is 8.89. The minimum atomic E-state index is -3.69. The maximum atomic E-state index is 11.4. The maximum absolute atomic E-state index is 11.4. The van der Waals surface area contributed by atoms with E-state index in [9.17, 15) is 9.46 Å². The van der Waals surface area contributed by atoms with E-state index in [-0.39, 0.29) is 24.5 Å². The molecule has 1 rings (SSSR count). The Morgan fingerprint density at radius 1 is 1.32 bits per heavy atom. The summed E-state index contributed by atoms with van der Waals surface area (Å²) in [6.45, 7) is 22.1. The summed E-state index contributed by atoms with van der Waals surface area (Å²) >= 11 is 0. The fraction of sp³-hybridized carbons (Fsp3) is 0.800. The highest BCUT2D eigenvalue weighted by molar-refractivity contribution is 7.52. The summed E-state index contributed by atoms with van der Waals surface area (Å²) in [5, 5.41) is 3.48. The lowest BCUT2D eigenvalue weighted by Crippen LogP contribution is -2.43. The molecule has 0 amide bonds. The summed E-state index contributed by atoms with van der Waals surface area (Å²) in [5.74, 6) is 0.815. The molecule has 1 saturated heterocycles. The van der Waals surface area contributed by atoms with Gasteiger partial charge in [-0.1, -0.05) is 33.9 Å². The van der Waals surface area contributed by atoms with Crippen LogP contribution < -0.4 is 5.32 Å². The van der Waals surface area contributed by atoms with Gasteiger partial charge in [0.25, 0.3) is 0 Å². The smallest absolute Gasteiger partial charge is 0.353 e. The highest BCUT2D eigenvalue weighted by Crippen LogP contribution is 2.40.